The molecule has 2 aromatic rings. The molecule has 4 aliphatic heterocycles. The predicted molar refractivity (Wildman–Crippen MR) is 127 cm³/mol. The van der Waals surface area contributed by atoms with Crippen LogP contribution in [0.25, 0.3) is 0 Å². The summed E-state index contributed by atoms with van der Waals surface area (Å²) in [6.07, 6.45) is 5.06. The standard InChI is InChI=1S/C14H15NO3.C12H12BrNO/c1-18-14(17)10-3-2-9-6-7-15-12(11(9)8-10)4-5-13(15)16;13-9-2-1-8-5-6-14-11(10(8)7-9)3-4-12(14)15/h2-3,8,12H,4-7H2,1H3;1-2,7,11H,3-6H2. The van der Waals surface area contributed by atoms with Crippen molar-refractivity contribution in [3.8, 4) is 0 Å². The number of halogens is 1. The van der Waals surface area contributed by atoms with Crippen molar-refractivity contribution in [3.63, 3.8) is 0 Å². The summed E-state index contributed by atoms with van der Waals surface area (Å²) in [4.78, 5) is 38.9. The Morgan fingerprint density at radius 1 is 0.848 bits per heavy atom. The second-order valence-corrected chi connectivity index (χ2v) is 9.95. The van der Waals surface area contributed by atoms with Crippen LogP contribution in [0.2, 0.25) is 0 Å². The fourth-order valence-corrected chi connectivity index (χ4v) is 6.02. The average molecular weight is 511 g/mol. The van der Waals surface area contributed by atoms with Crippen molar-refractivity contribution in [2.24, 2.45) is 0 Å². The lowest BCUT2D eigenvalue weighted by Crippen LogP contribution is -2.34. The lowest BCUT2D eigenvalue weighted by atomic mass is 9.91. The van der Waals surface area contributed by atoms with Crippen LogP contribution in [0.5, 0.6) is 0 Å². The molecule has 0 radical (unpaired) electrons. The number of carbonyl (C=O) groups excluding carboxylic acids is 3. The number of amides is 2. The molecule has 2 unspecified atom stereocenters. The Morgan fingerprint density at radius 3 is 1.97 bits per heavy atom. The highest BCUT2D eigenvalue weighted by Crippen LogP contribution is 2.40. The molecule has 0 N–H and O–H groups in total. The van der Waals surface area contributed by atoms with Gasteiger partial charge in [0.2, 0.25) is 11.8 Å². The summed E-state index contributed by atoms with van der Waals surface area (Å²) in [7, 11) is 1.38. The first kappa shape index (κ1) is 22.1. The molecule has 2 saturated heterocycles. The van der Waals surface area contributed by atoms with Gasteiger partial charge in [0, 0.05) is 30.4 Å². The van der Waals surface area contributed by atoms with Crippen molar-refractivity contribution < 1.29 is 19.1 Å². The molecule has 2 atom stereocenters. The molecule has 0 aromatic heterocycles. The Hall–Kier alpha value is -2.67. The minimum Gasteiger partial charge on any atom is -0.465 e. The maximum atomic E-state index is 11.7. The number of nitrogens with zero attached hydrogens (tertiary/aromatic N) is 2. The van der Waals surface area contributed by atoms with Gasteiger partial charge in [-0.15, -0.1) is 0 Å². The van der Waals surface area contributed by atoms with E-state index in [0.717, 1.165) is 55.2 Å². The van der Waals surface area contributed by atoms with Crippen molar-refractivity contribution in [3.05, 3.63) is 68.7 Å². The van der Waals surface area contributed by atoms with Crippen LogP contribution in [0.3, 0.4) is 0 Å². The van der Waals surface area contributed by atoms with Gasteiger partial charge in [0.25, 0.3) is 0 Å². The molecular formula is C26H27BrN2O4. The Kier molecular flexibility index (Phi) is 5.99. The molecular weight excluding hydrogens is 484 g/mol. The Labute approximate surface area is 202 Å². The Morgan fingerprint density at radius 2 is 1.39 bits per heavy atom. The summed E-state index contributed by atoms with van der Waals surface area (Å²) in [6.45, 7) is 1.70. The molecule has 0 saturated carbocycles. The summed E-state index contributed by atoms with van der Waals surface area (Å²) in [5.41, 5.74) is 5.70. The van der Waals surface area contributed by atoms with Crippen molar-refractivity contribution >= 4 is 33.7 Å². The quantitative estimate of drug-likeness (QED) is 0.534. The summed E-state index contributed by atoms with van der Waals surface area (Å²) in [5, 5.41) is 0. The highest BCUT2D eigenvalue weighted by molar-refractivity contribution is 9.10. The van der Waals surface area contributed by atoms with Gasteiger partial charge in [-0.1, -0.05) is 28.1 Å². The van der Waals surface area contributed by atoms with Crippen molar-refractivity contribution in [2.75, 3.05) is 20.2 Å². The van der Waals surface area contributed by atoms with Gasteiger partial charge in [-0.05, 0) is 72.2 Å². The van der Waals surface area contributed by atoms with E-state index in [1.165, 1.54) is 23.8 Å². The Bertz CT molecular complexity index is 1130. The molecule has 0 bridgehead atoms. The number of fused-ring (bicyclic) bond motifs is 6. The first-order valence-corrected chi connectivity index (χ1v) is 12.3. The van der Waals surface area contributed by atoms with Gasteiger partial charge in [-0.3, -0.25) is 9.59 Å². The van der Waals surface area contributed by atoms with Crippen LogP contribution in [-0.4, -0.2) is 47.8 Å². The van der Waals surface area contributed by atoms with Gasteiger partial charge in [0.1, 0.15) is 0 Å². The van der Waals surface area contributed by atoms with E-state index in [4.69, 9.17) is 4.74 Å². The molecule has 2 amide bonds. The molecule has 4 heterocycles. The molecule has 172 valence electrons. The van der Waals surface area contributed by atoms with Gasteiger partial charge in [-0.2, -0.15) is 0 Å². The topological polar surface area (TPSA) is 66.9 Å². The van der Waals surface area contributed by atoms with E-state index < -0.39 is 0 Å². The largest absolute Gasteiger partial charge is 0.465 e. The molecule has 2 aromatic carbocycles. The molecule has 0 spiro atoms. The molecule has 2 fully saturated rings. The highest BCUT2D eigenvalue weighted by Gasteiger charge is 2.37. The van der Waals surface area contributed by atoms with Crippen LogP contribution in [-0.2, 0) is 27.2 Å². The highest BCUT2D eigenvalue weighted by atomic mass is 79.9. The first-order chi connectivity index (χ1) is 16.0. The van der Waals surface area contributed by atoms with E-state index in [9.17, 15) is 14.4 Å². The summed E-state index contributed by atoms with van der Waals surface area (Å²) >= 11 is 3.50. The molecule has 7 heteroatoms. The minimum absolute atomic E-state index is 0.158. The van der Waals surface area contributed by atoms with E-state index in [2.05, 4.69) is 34.1 Å². The third-order valence-electron chi connectivity index (χ3n) is 7.29. The number of methoxy groups -OCH3 is 1. The van der Waals surface area contributed by atoms with Crippen LogP contribution in [0.4, 0.5) is 0 Å². The van der Waals surface area contributed by atoms with E-state index in [1.807, 2.05) is 21.9 Å². The van der Waals surface area contributed by atoms with Crippen LogP contribution >= 0.6 is 15.9 Å². The van der Waals surface area contributed by atoms with Gasteiger partial charge < -0.3 is 14.5 Å². The number of rotatable bonds is 1. The van der Waals surface area contributed by atoms with E-state index in [1.54, 1.807) is 6.07 Å². The third kappa shape index (κ3) is 4.07. The van der Waals surface area contributed by atoms with Gasteiger partial charge in [-0.25, -0.2) is 4.79 Å². The van der Waals surface area contributed by atoms with E-state index in [0.29, 0.717) is 23.9 Å². The number of ether oxygens (including phenoxy) is 1. The minimum atomic E-state index is -0.320. The number of hydrogen-bond acceptors (Lipinski definition) is 4. The Balaban J connectivity index is 0.000000140. The molecule has 6 nitrogen and oxygen atoms in total. The summed E-state index contributed by atoms with van der Waals surface area (Å²) < 4.78 is 5.85. The van der Waals surface area contributed by atoms with Crippen LogP contribution in [0, 0.1) is 0 Å². The zero-order valence-corrected chi connectivity index (χ0v) is 20.3. The van der Waals surface area contributed by atoms with E-state index >= 15 is 0 Å². The number of carbonyl (C=O) groups is 3. The predicted octanol–water partition coefficient (Wildman–Crippen LogP) is 4.36. The normalized spacial score (nSPS) is 22.6. The smallest absolute Gasteiger partial charge is 0.337 e. The maximum Gasteiger partial charge on any atom is 0.337 e. The molecule has 0 aliphatic carbocycles. The van der Waals surface area contributed by atoms with Crippen LogP contribution in [0.1, 0.15) is 70.4 Å². The van der Waals surface area contributed by atoms with Gasteiger partial charge >= 0.3 is 5.97 Å². The van der Waals surface area contributed by atoms with Crippen molar-refractivity contribution in [1.29, 1.82) is 0 Å². The lowest BCUT2D eigenvalue weighted by Gasteiger charge is -2.32. The van der Waals surface area contributed by atoms with E-state index in [-0.39, 0.29) is 17.9 Å². The zero-order chi connectivity index (χ0) is 23.1. The fourth-order valence-electron chi connectivity index (χ4n) is 5.64. The maximum absolute atomic E-state index is 11.7. The van der Waals surface area contributed by atoms with Crippen molar-refractivity contribution in [2.45, 2.75) is 50.6 Å². The molecule has 6 rings (SSSR count). The average Bonchev–Trinajstić information content (AvgIpc) is 3.41. The van der Waals surface area contributed by atoms with Gasteiger partial charge in [0.05, 0.1) is 24.8 Å². The SMILES string of the molecule is COC(=O)c1ccc2c(c1)C1CCC(=O)N1CC2.O=C1CCC2c3cc(Br)ccc3CCN12. The molecule has 33 heavy (non-hydrogen) atoms. The number of esters is 1. The molecule has 4 aliphatic rings. The van der Waals surface area contributed by atoms with Crippen molar-refractivity contribution in [1.82, 2.24) is 9.80 Å². The second kappa shape index (κ2) is 8.93. The summed E-state index contributed by atoms with van der Waals surface area (Å²) in [6, 6.07) is 12.6. The fraction of sp³-hybridized carbons (Fsp3) is 0.423. The summed E-state index contributed by atoms with van der Waals surface area (Å²) in [5.74, 6) is 0.235. The second-order valence-electron chi connectivity index (χ2n) is 9.03. The number of benzene rings is 2. The number of hydrogen-bond donors (Lipinski definition) is 0. The van der Waals surface area contributed by atoms with Crippen LogP contribution in [0.15, 0.2) is 40.9 Å². The lowest BCUT2D eigenvalue weighted by molar-refractivity contribution is -0.130. The van der Waals surface area contributed by atoms with Gasteiger partial charge in [0.15, 0.2) is 0 Å². The third-order valence-corrected chi connectivity index (χ3v) is 7.79. The van der Waals surface area contributed by atoms with Crippen LogP contribution < -0.4 is 0 Å². The monoisotopic (exact) mass is 510 g/mol. The zero-order valence-electron chi connectivity index (χ0n) is 18.7. The first-order valence-electron chi connectivity index (χ1n) is 11.5.